The topological polar surface area (TPSA) is 80.3 Å². The van der Waals surface area contributed by atoms with E-state index < -0.39 is 0 Å². The second kappa shape index (κ2) is 14.4. The quantitative estimate of drug-likeness (QED) is 0.286. The Bertz CT molecular complexity index is 1310. The number of methoxy groups -OCH3 is 2. The number of nitrogens with one attached hydrogen (secondary N) is 1. The monoisotopic (exact) mass is 579 g/mol. The Morgan fingerprint density at radius 2 is 1.76 bits per heavy atom. The Morgan fingerprint density at radius 1 is 1.00 bits per heavy atom. The molecule has 1 unspecified atom stereocenters. The molecule has 1 saturated heterocycles. The molecule has 220 valence electrons. The second-order valence-electron chi connectivity index (χ2n) is 10.5. The van der Waals surface area contributed by atoms with Gasteiger partial charge in [-0.25, -0.2) is 4.79 Å². The molecule has 0 aliphatic carbocycles. The molecular weight excluding hydrogens is 538 g/mol. The SMILES string of the molecule is COc1ccc(CCN(Cc2ccc(C)s2)C(=O)CN(CC2CCCO2)C(=O)Nc2c(C)cccc2C)cc1OC. The van der Waals surface area contributed by atoms with Crippen LogP contribution in [0.4, 0.5) is 10.5 Å². The molecule has 1 aromatic heterocycles. The molecule has 4 rings (SSSR count). The average Bonchev–Trinajstić information content (AvgIpc) is 3.63. The summed E-state index contributed by atoms with van der Waals surface area (Å²) in [6, 6.07) is 15.6. The smallest absolute Gasteiger partial charge is 0.322 e. The summed E-state index contributed by atoms with van der Waals surface area (Å²) in [5, 5.41) is 3.07. The van der Waals surface area contributed by atoms with Crippen LogP contribution in [0.25, 0.3) is 0 Å². The molecule has 0 radical (unpaired) electrons. The van der Waals surface area contributed by atoms with Crippen molar-refractivity contribution in [1.82, 2.24) is 9.80 Å². The van der Waals surface area contributed by atoms with Gasteiger partial charge in [0.1, 0.15) is 6.54 Å². The van der Waals surface area contributed by atoms with Crippen LogP contribution in [-0.4, -0.2) is 68.3 Å². The third-order valence-electron chi connectivity index (χ3n) is 7.39. The number of rotatable bonds is 12. The molecule has 1 atom stereocenters. The molecule has 0 saturated carbocycles. The molecule has 1 aliphatic heterocycles. The number of nitrogens with zero attached hydrogens (tertiary/aromatic N) is 2. The van der Waals surface area contributed by atoms with Gasteiger partial charge in [-0.05, 0) is 81.0 Å². The normalized spacial score (nSPS) is 14.5. The molecule has 0 spiro atoms. The van der Waals surface area contributed by atoms with Gasteiger partial charge in [-0.1, -0.05) is 24.3 Å². The van der Waals surface area contributed by atoms with Gasteiger partial charge in [0.2, 0.25) is 5.91 Å². The van der Waals surface area contributed by atoms with Gasteiger partial charge in [-0.15, -0.1) is 11.3 Å². The minimum Gasteiger partial charge on any atom is -0.493 e. The van der Waals surface area contributed by atoms with Crippen LogP contribution in [0.3, 0.4) is 0 Å². The minimum absolute atomic E-state index is 0.0348. The number of anilines is 1. The fraction of sp³-hybridized carbons (Fsp3) is 0.438. The van der Waals surface area contributed by atoms with E-state index in [0.717, 1.165) is 40.1 Å². The third kappa shape index (κ3) is 8.24. The highest BCUT2D eigenvalue weighted by Crippen LogP contribution is 2.28. The van der Waals surface area contributed by atoms with Gasteiger partial charge in [-0.3, -0.25) is 4.79 Å². The van der Waals surface area contributed by atoms with Crippen LogP contribution < -0.4 is 14.8 Å². The number of para-hydroxylation sites is 1. The highest BCUT2D eigenvalue weighted by molar-refractivity contribution is 7.11. The zero-order valence-corrected chi connectivity index (χ0v) is 25.5. The van der Waals surface area contributed by atoms with Crippen molar-refractivity contribution in [2.45, 2.75) is 52.7 Å². The first-order chi connectivity index (χ1) is 19.8. The lowest BCUT2D eigenvalue weighted by Gasteiger charge is -2.29. The summed E-state index contributed by atoms with van der Waals surface area (Å²) in [6.45, 7) is 7.99. The van der Waals surface area contributed by atoms with E-state index in [2.05, 4.69) is 24.4 Å². The van der Waals surface area contributed by atoms with Crippen molar-refractivity contribution in [3.8, 4) is 11.5 Å². The van der Waals surface area contributed by atoms with Crippen molar-refractivity contribution in [3.05, 3.63) is 75.0 Å². The lowest BCUT2D eigenvalue weighted by Crippen LogP contribution is -2.47. The van der Waals surface area contributed by atoms with Crippen LogP contribution >= 0.6 is 11.3 Å². The van der Waals surface area contributed by atoms with E-state index in [-0.39, 0.29) is 24.6 Å². The number of ether oxygens (including phenoxy) is 3. The fourth-order valence-electron chi connectivity index (χ4n) is 5.06. The molecule has 1 aliphatic rings. The van der Waals surface area contributed by atoms with E-state index in [1.165, 1.54) is 4.88 Å². The lowest BCUT2D eigenvalue weighted by molar-refractivity contribution is -0.132. The van der Waals surface area contributed by atoms with Crippen molar-refractivity contribution in [3.63, 3.8) is 0 Å². The van der Waals surface area contributed by atoms with Gasteiger partial charge in [0, 0.05) is 35.1 Å². The van der Waals surface area contributed by atoms with Crippen molar-refractivity contribution in [1.29, 1.82) is 0 Å². The van der Waals surface area contributed by atoms with Crippen LogP contribution in [0, 0.1) is 20.8 Å². The maximum Gasteiger partial charge on any atom is 0.322 e. The van der Waals surface area contributed by atoms with Crippen LogP contribution in [0.15, 0.2) is 48.5 Å². The molecule has 1 fully saturated rings. The molecule has 3 aromatic rings. The highest BCUT2D eigenvalue weighted by Gasteiger charge is 2.27. The van der Waals surface area contributed by atoms with Crippen molar-refractivity contribution in [2.75, 3.05) is 45.8 Å². The summed E-state index contributed by atoms with van der Waals surface area (Å²) in [4.78, 5) is 33.2. The summed E-state index contributed by atoms with van der Waals surface area (Å²) in [6.07, 6.45) is 2.39. The number of amides is 3. The van der Waals surface area contributed by atoms with Crippen LogP contribution in [0.1, 0.15) is 39.3 Å². The van der Waals surface area contributed by atoms with E-state index in [1.807, 2.05) is 55.1 Å². The number of aryl methyl sites for hydroxylation is 3. The lowest BCUT2D eigenvalue weighted by atomic mass is 10.1. The van der Waals surface area contributed by atoms with Gasteiger partial charge >= 0.3 is 6.03 Å². The first kappa shape index (κ1) is 30.4. The Labute approximate surface area is 247 Å². The zero-order chi connectivity index (χ0) is 29.4. The van der Waals surface area contributed by atoms with Crippen LogP contribution in [-0.2, 0) is 22.5 Å². The van der Waals surface area contributed by atoms with E-state index in [0.29, 0.717) is 44.2 Å². The molecule has 0 bridgehead atoms. The largest absolute Gasteiger partial charge is 0.493 e. The minimum atomic E-state index is -0.293. The summed E-state index contributed by atoms with van der Waals surface area (Å²) >= 11 is 1.68. The zero-order valence-electron chi connectivity index (χ0n) is 24.7. The number of hydrogen-bond donors (Lipinski definition) is 1. The van der Waals surface area contributed by atoms with E-state index in [4.69, 9.17) is 14.2 Å². The number of benzene rings is 2. The van der Waals surface area contributed by atoms with Crippen LogP contribution in [0.5, 0.6) is 11.5 Å². The van der Waals surface area contributed by atoms with E-state index >= 15 is 0 Å². The van der Waals surface area contributed by atoms with Gasteiger partial charge in [0.25, 0.3) is 0 Å². The number of carbonyl (C=O) groups is 2. The average molecular weight is 580 g/mol. The molecule has 2 aromatic carbocycles. The van der Waals surface area contributed by atoms with E-state index in [1.54, 1.807) is 30.5 Å². The summed E-state index contributed by atoms with van der Waals surface area (Å²) < 4.78 is 16.7. The van der Waals surface area contributed by atoms with Gasteiger partial charge in [0.05, 0.1) is 26.9 Å². The predicted octanol–water partition coefficient (Wildman–Crippen LogP) is 5.97. The number of carbonyl (C=O) groups excluding carboxylic acids is 2. The number of hydrogen-bond acceptors (Lipinski definition) is 6. The summed E-state index contributed by atoms with van der Waals surface area (Å²) in [7, 11) is 3.22. The molecule has 41 heavy (non-hydrogen) atoms. The third-order valence-corrected chi connectivity index (χ3v) is 8.37. The molecular formula is C32H41N3O5S. The number of thiophene rings is 1. The Kier molecular flexibility index (Phi) is 10.7. The Hall–Kier alpha value is -3.56. The maximum atomic E-state index is 13.9. The van der Waals surface area contributed by atoms with Crippen LogP contribution in [0.2, 0.25) is 0 Å². The van der Waals surface area contributed by atoms with Crippen molar-refractivity contribution >= 4 is 29.0 Å². The molecule has 8 nitrogen and oxygen atoms in total. The Morgan fingerprint density at radius 3 is 2.39 bits per heavy atom. The molecule has 1 N–H and O–H groups in total. The van der Waals surface area contributed by atoms with Gasteiger partial charge < -0.3 is 29.3 Å². The van der Waals surface area contributed by atoms with E-state index in [9.17, 15) is 9.59 Å². The standard InChI is InChI=1S/C32H41N3O5S/c1-22-8-6-9-23(2)31(22)33-32(37)35(19-26-10-7-17-40-26)21-30(36)34(20-27-13-11-24(3)41-27)16-15-25-12-14-28(38-4)29(18-25)39-5/h6,8-9,11-14,18,26H,7,10,15-17,19-21H2,1-5H3,(H,33,37). The van der Waals surface area contributed by atoms with Crippen molar-refractivity contribution < 1.29 is 23.8 Å². The summed E-state index contributed by atoms with van der Waals surface area (Å²) in [5.41, 5.74) is 3.77. The van der Waals surface area contributed by atoms with Gasteiger partial charge in [0.15, 0.2) is 11.5 Å². The first-order valence-corrected chi connectivity index (χ1v) is 14.9. The summed E-state index contributed by atoms with van der Waals surface area (Å²) in [5.74, 6) is 1.21. The number of urea groups is 1. The second-order valence-corrected chi connectivity index (χ2v) is 11.9. The molecule has 3 amide bonds. The predicted molar refractivity (Wildman–Crippen MR) is 163 cm³/mol. The highest BCUT2D eigenvalue weighted by atomic mass is 32.1. The molecule has 2 heterocycles. The van der Waals surface area contributed by atoms with Crippen molar-refractivity contribution in [2.24, 2.45) is 0 Å². The maximum absolute atomic E-state index is 13.9. The fourth-order valence-corrected chi connectivity index (χ4v) is 5.97. The van der Waals surface area contributed by atoms with Gasteiger partial charge in [-0.2, -0.15) is 0 Å². The Balaban J connectivity index is 1.53. The first-order valence-electron chi connectivity index (χ1n) is 14.0. The molecule has 9 heteroatoms.